The van der Waals surface area contributed by atoms with Crippen molar-refractivity contribution in [3.05, 3.63) is 64.7 Å². The summed E-state index contributed by atoms with van der Waals surface area (Å²) in [6.07, 6.45) is 1.76. The van der Waals surface area contributed by atoms with Crippen molar-refractivity contribution in [2.75, 3.05) is 20.2 Å². The SMILES string of the molecule is COc1ccc(CCCNC(=O)CCN2C(=O)c3ccc(C)cc3C2=O)cc1. The zero-order valence-electron chi connectivity index (χ0n) is 16.2. The Bertz CT molecular complexity index is 890. The molecule has 0 saturated heterocycles. The zero-order valence-corrected chi connectivity index (χ0v) is 16.2. The predicted molar refractivity (Wildman–Crippen MR) is 105 cm³/mol. The van der Waals surface area contributed by atoms with E-state index in [0.29, 0.717) is 17.7 Å². The van der Waals surface area contributed by atoms with Crippen molar-refractivity contribution in [2.45, 2.75) is 26.2 Å². The van der Waals surface area contributed by atoms with Gasteiger partial charge in [-0.1, -0.05) is 23.8 Å². The smallest absolute Gasteiger partial charge is 0.261 e. The lowest BCUT2D eigenvalue weighted by molar-refractivity contribution is -0.121. The van der Waals surface area contributed by atoms with Gasteiger partial charge >= 0.3 is 0 Å². The Labute approximate surface area is 164 Å². The van der Waals surface area contributed by atoms with Crippen LogP contribution in [0.5, 0.6) is 5.75 Å². The van der Waals surface area contributed by atoms with Crippen molar-refractivity contribution in [3.63, 3.8) is 0 Å². The molecule has 0 aromatic heterocycles. The van der Waals surface area contributed by atoms with Crippen LogP contribution in [0.3, 0.4) is 0 Å². The molecule has 1 aliphatic heterocycles. The number of hydrogen-bond donors (Lipinski definition) is 1. The third-order valence-electron chi connectivity index (χ3n) is 4.81. The van der Waals surface area contributed by atoms with E-state index >= 15 is 0 Å². The Morgan fingerprint density at radius 3 is 2.46 bits per heavy atom. The van der Waals surface area contributed by atoms with Gasteiger partial charge in [0.2, 0.25) is 5.91 Å². The van der Waals surface area contributed by atoms with E-state index in [1.165, 1.54) is 5.56 Å². The summed E-state index contributed by atoms with van der Waals surface area (Å²) in [5, 5.41) is 2.85. The molecule has 1 aliphatic rings. The van der Waals surface area contributed by atoms with Crippen molar-refractivity contribution in [1.82, 2.24) is 10.2 Å². The molecule has 6 nitrogen and oxygen atoms in total. The average molecular weight is 380 g/mol. The van der Waals surface area contributed by atoms with Gasteiger partial charge in [-0.05, 0) is 49.6 Å². The van der Waals surface area contributed by atoms with E-state index in [-0.39, 0.29) is 30.7 Å². The van der Waals surface area contributed by atoms with Gasteiger partial charge in [0.05, 0.1) is 18.2 Å². The van der Waals surface area contributed by atoms with Crippen molar-refractivity contribution in [3.8, 4) is 5.75 Å². The van der Waals surface area contributed by atoms with Crippen molar-refractivity contribution in [2.24, 2.45) is 0 Å². The minimum absolute atomic E-state index is 0.0930. The van der Waals surface area contributed by atoms with Crippen LogP contribution in [0.15, 0.2) is 42.5 Å². The lowest BCUT2D eigenvalue weighted by Gasteiger charge is -2.13. The van der Waals surface area contributed by atoms with Crippen LogP contribution >= 0.6 is 0 Å². The van der Waals surface area contributed by atoms with Gasteiger partial charge in [-0.15, -0.1) is 0 Å². The van der Waals surface area contributed by atoms with E-state index in [0.717, 1.165) is 29.1 Å². The maximum atomic E-state index is 12.4. The fraction of sp³-hybridized carbons (Fsp3) is 0.318. The number of rotatable bonds is 8. The maximum absolute atomic E-state index is 12.4. The highest BCUT2D eigenvalue weighted by Gasteiger charge is 2.35. The van der Waals surface area contributed by atoms with Crippen LogP contribution in [-0.4, -0.2) is 42.8 Å². The lowest BCUT2D eigenvalue weighted by atomic mass is 10.1. The molecule has 0 unspecified atom stereocenters. The first-order valence-corrected chi connectivity index (χ1v) is 9.36. The summed E-state index contributed by atoms with van der Waals surface area (Å²) >= 11 is 0. The van der Waals surface area contributed by atoms with E-state index in [1.54, 1.807) is 19.2 Å². The molecule has 0 bridgehead atoms. The van der Waals surface area contributed by atoms with Gasteiger partial charge in [-0.25, -0.2) is 0 Å². The Morgan fingerprint density at radius 2 is 1.75 bits per heavy atom. The Balaban J connectivity index is 1.41. The number of methoxy groups -OCH3 is 1. The maximum Gasteiger partial charge on any atom is 0.261 e. The molecule has 0 atom stereocenters. The van der Waals surface area contributed by atoms with Crippen LogP contribution in [0.1, 0.15) is 44.7 Å². The van der Waals surface area contributed by atoms with Crippen LogP contribution in [0.25, 0.3) is 0 Å². The number of carbonyl (C=O) groups is 3. The van der Waals surface area contributed by atoms with Crippen LogP contribution in [0, 0.1) is 6.92 Å². The topological polar surface area (TPSA) is 75.7 Å². The first-order valence-electron chi connectivity index (χ1n) is 9.36. The molecule has 1 heterocycles. The monoisotopic (exact) mass is 380 g/mol. The summed E-state index contributed by atoms with van der Waals surface area (Å²) in [6.45, 7) is 2.52. The summed E-state index contributed by atoms with van der Waals surface area (Å²) in [7, 11) is 1.63. The fourth-order valence-corrected chi connectivity index (χ4v) is 3.22. The largest absolute Gasteiger partial charge is 0.497 e. The fourth-order valence-electron chi connectivity index (χ4n) is 3.22. The van der Waals surface area contributed by atoms with Gasteiger partial charge in [-0.3, -0.25) is 19.3 Å². The normalized spacial score (nSPS) is 12.9. The van der Waals surface area contributed by atoms with Crippen LogP contribution in [-0.2, 0) is 11.2 Å². The Hall–Kier alpha value is -3.15. The molecular weight excluding hydrogens is 356 g/mol. The van der Waals surface area contributed by atoms with Crippen LogP contribution in [0.4, 0.5) is 0 Å². The third-order valence-corrected chi connectivity index (χ3v) is 4.81. The summed E-state index contributed by atoms with van der Waals surface area (Å²) in [4.78, 5) is 38.0. The second kappa shape index (κ2) is 8.69. The van der Waals surface area contributed by atoms with Gasteiger partial charge < -0.3 is 10.1 Å². The van der Waals surface area contributed by atoms with E-state index in [9.17, 15) is 14.4 Å². The number of hydrogen-bond acceptors (Lipinski definition) is 4. The number of amides is 3. The summed E-state index contributed by atoms with van der Waals surface area (Å²) in [5.74, 6) is 0.00569. The number of aryl methyl sites for hydroxylation is 2. The van der Waals surface area contributed by atoms with Crippen LogP contribution < -0.4 is 10.1 Å². The number of nitrogens with one attached hydrogen (secondary N) is 1. The molecule has 146 valence electrons. The molecule has 2 aromatic rings. The summed E-state index contributed by atoms with van der Waals surface area (Å²) in [5.41, 5.74) is 2.94. The molecule has 0 radical (unpaired) electrons. The van der Waals surface area contributed by atoms with E-state index in [1.807, 2.05) is 37.3 Å². The van der Waals surface area contributed by atoms with Gasteiger partial charge in [0.1, 0.15) is 5.75 Å². The molecule has 0 spiro atoms. The minimum atomic E-state index is -0.327. The first-order chi connectivity index (χ1) is 13.5. The Kier molecular flexibility index (Phi) is 6.09. The molecule has 3 amide bonds. The highest BCUT2D eigenvalue weighted by Crippen LogP contribution is 2.23. The summed E-state index contributed by atoms with van der Waals surface area (Å²) < 4.78 is 5.13. The molecule has 0 fully saturated rings. The van der Waals surface area contributed by atoms with E-state index < -0.39 is 0 Å². The van der Waals surface area contributed by atoms with E-state index in [2.05, 4.69) is 5.32 Å². The standard InChI is InChI=1S/C22H24N2O4/c1-15-5-10-18-19(14-15)22(27)24(21(18)26)13-11-20(25)23-12-3-4-16-6-8-17(28-2)9-7-16/h5-10,14H,3-4,11-13H2,1-2H3,(H,23,25). The van der Waals surface area contributed by atoms with Crippen molar-refractivity contribution in [1.29, 1.82) is 0 Å². The molecule has 3 rings (SSSR count). The molecule has 2 aromatic carbocycles. The minimum Gasteiger partial charge on any atom is -0.497 e. The third kappa shape index (κ3) is 4.39. The second-order valence-electron chi connectivity index (χ2n) is 6.86. The second-order valence-corrected chi connectivity index (χ2v) is 6.86. The molecule has 0 aliphatic carbocycles. The van der Waals surface area contributed by atoms with Gasteiger partial charge in [0.15, 0.2) is 0 Å². The first kappa shape index (κ1) is 19.6. The number of carbonyl (C=O) groups excluding carboxylic acids is 3. The molecule has 1 N–H and O–H groups in total. The molecular formula is C22H24N2O4. The average Bonchev–Trinajstić information content (AvgIpc) is 2.93. The number of benzene rings is 2. The van der Waals surface area contributed by atoms with Gasteiger partial charge in [0, 0.05) is 19.5 Å². The van der Waals surface area contributed by atoms with Gasteiger partial charge in [0.25, 0.3) is 11.8 Å². The Morgan fingerprint density at radius 1 is 1.04 bits per heavy atom. The zero-order chi connectivity index (χ0) is 20.1. The van der Waals surface area contributed by atoms with Gasteiger partial charge in [-0.2, -0.15) is 0 Å². The number of fused-ring (bicyclic) bond motifs is 1. The molecule has 28 heavy (non-hydrogen) atoms. The lowest BCUT2D eigenvalue weighted by Crippen LogP contribution is -2.34. The molecule has 0 saturated carbocycles. The predicted octanol–water partition coefficient (Wildman–Crippen LogP) is 2.74. The highest BCUT2D eigenvalue weighted by atomic mass is 16.5. The summed E-state index contributed by atoms with van der Waals surface area (Å²) in [6, 6.07) is 13.0. The highest BCUT2D eigenvalue weighted by molar-refractivity contribution is 6.21. The molecule has 6 heteroatoms. The van der Waals surface area contributed by atoms with Crippen molar-refractivity contribution < 1.29 is 19.1 Å². The quantitative estimate of drug-likeness (QED) is 0.564. The van der Waals surface area contributed by atoms with E-state index in [4.69, 9.17) is 4.74 Å². The number of imide groups is 1. The number of ether oxygens (including phenoxy) is 1. The van der Waals surface area contributed by atoms with Crippen molar-refractivity contribution >= 4 is 17.7 Å². The number of nitrogens with zero attached hydrogens (tertiary/aromatic N) is 1. The van der Waals surface area contributed by atoms with Crippen LogP contribution in [0.2, 0.25) is 0 Å².